The number of benzene rings is 1. The molecule has 4 heteroatoms. The number of carboxylic acid groups (broad SMARTS) is 1. The van der Waals surface area contributed by atoms with Crippen molar-refractivity contribution in [2.75, 3.05) is 0 Å². The molecule has 114 valence electrons. The lowest BCUT2D eigenvalue weighted by Crippen LogP contribution is -2.39. The Hall–Kier alpha value is -1.84. The Morgan fingerprint density at radius 2 is 1.95 bits per heavy atom. The molecule has 0 radical (unpaired) electrons. The zero-order valence-electron chi connectivity index (χ0n) is 12.5. The lowest BCUT2D eigenvalue weighted by atomic mass is 9.84. The molecule has 1 aromatic carbocycles. The Morgan fingerprint density at radius 3 is 2.57 bits per heavy atom. The summed E-state index contributed by atoms with van der Waals surface area (Å²) in [5, 5.41) is 12.0. The van der Waals surface area contributed by atoms with Gasteiger partial charge in [0.15, 0.2) is 0 Å². The highest BCUT2D eigenvalue weighted by Crippen LogP contribution is 2.26. The van der Waals surface area contributed by atoms with E-state index in [2.05, 4.69) is 12.2 Å². The molecule has 0 bridgehead atoms. The van der Waals surface area contributed by atoms with Crippen LogP contribution < -0.4 is 5.32 Å². The van der Waals surface area contributed by atoms with Gasteiger partial charge >= 0.3 is 5.97 Å². The van der Waals surface area contributed by atoms with E-state index in [0.29, 0.717) is 12.5 Å². The quantitative estimate of drug-likeness (QED) is 0.875. The van der Waals surface area contributed by atoms with Crippen LogP contribution in [0.2, 0.25) is 0 Å². The SMILES string of the molecule is CCC1CCCC(NC(=O)Cc2ccc(C(=O)O)cc2)C1. The molecule has 0 saturated heterocycles. The van der Waals surface area contributed by atoms with Crippen LogP contribution in [-0.2, 0) is 11.2 Å². The summed E-state index contributed by atoms with van der Waals surface area (Å²) in [5.74, 6) is -0.183. The summed E-state index contributed by atoms with van der Waals surface area (Å²) < 4.78 is 0. The fourth-order valence-electron chi connectivity index (χ4n) is 3.02. The molecule has 0 heterocycles. The van der Waals surface area contributed by atoms with Crippen molar-refractivity contribution < 1.29 is 14.7 Å². The third kappa shape index (κ3) is 4.59. The lowest BCUT2D eigenvalue weighted by Gasteiger charge is -2.29. The highest BCUT2D eigenvalue weighted by atomic mass is 16.4. The van der Waals surface area contributed by atoms with Crippen molar-refractivity contribution in [2.45, 2.75) is 51.5 Å². The largest absolute Gasteiger partial charge is 0.478 e. The van der Waals surface area contributed by atoms with Crippen molar-refractivity contribution in [3.8, 4) is 0 Å². The minimum absolute atomic E-state index is 0.0276. The van der Waals surface area contributed by atoms with E-state index < -0.39 is 5.97 Å². The van der Waals surface area contributed by atoms with Crippen LogP contribution in [0.4, 0.5) is 0 Å². The van der Waals surface area contributed by atoms with E-state index in [1.165, 1.54) is 19.3 Å². The van der Waals surface area contributed by atoms with Gasteiger partial charge in [0.2, 0.25) is 5.91 Å². The molecule has 1 aromatic rings. The van der Waals surface area contributed by atoms with Gasteiger partial charge in [0.25, 0.3) is 0 Å². The average Bonchev–Trinajstić information content (AvgIpc) is 2.47. The second kappa shape index (κ2) is 7.25. The van der Waals surface area contributed by atoms with Gasteiger partial charge < -0.3 is 10.4 Å². The zero-order valence-corrected chi connectivity index (χ0v) is 12.5. The first-order chi connectivity index (χ1) is 10.1. The standard InChI is InChI=1S/C17H23NO3/c1-2-12-4-3-5-15(10-12)18-16(19)11-13-6-8-14(9-7-13)17(20)21/h6-9,12,15H,2-5,10-11H2,1H3,(H,18,19)(H,20,21). The lowest BCUT2D eigenvalue weighted by molar-refractivity contribution is -0.121. The Balaban J connectivity index is 1.85. The number of carbonyl (C=O) groups is 2. The average molecular weight is 289 g/mol. The molecule has 0 spiro atoms. The molecule has 4 nitrogen and oxygen atoms in total. The first kappa shape index (κ1) is 15.5. The molecule has 1 aliphatic carbocycles. The summed E-state index contributed by atoms with van der Waals surface area (Å²) in [7, 11) is 0. The third-order valence-electron chi connectivity index (χ3n) is 4.29. The van der Waals surface area contributed by atoms with Crippen LogP contribution in [0.1, 0.15) is 54.9 Å². The van der Waals surface area contributed by atoms with E-state index in [4.69, 9.17) is 5.11 Å². The number of hydrogen-bond donors (Lipinski definition) is 2. The minimum Gasteiger partial charge on any atom is -0.478 e. The molecule has 2 atom stereocenters. The van der Waals surface area contributed by atoms with E-state index >= 15 is 0 Å². The van der Waals surface area contributed by atoms with E-state index in [1.54, 1.807) is 24.3 Å². The number of nitrogens with one attached hydrogen (secondary N) is 1. The maximum absolute atomic E-state index is 12.1. The fourth-order valence-corrected chi connectivity index (χ4v) is 3.02. The number of carbonyl (C=O) groups excluding carboxylic acids is 1. The first-order valence-electron chi connectivity index (χ1n) is 7.70. The molecule has 1 saturated carbocycles. The molecule has 1 amide bonds. The minimum atomic E-state index is -0.946. The van der Waals surface area contributed by atoms with Crippen LogP contribution in [0.15, 0.2) is 24.3 Å². The molecule has 2 rings (SSSR count). The molecular weight excluding hydrogens is 266 g/mol. The first-order valence-corrected chi connectivity index (χ1v) is 7.70. The van der Waals surface area contributed by atoms with Gasteiger partial charge in [-0.1, -0.05) is 38.3 Å². The number of carboxylic acids is 1. The Bertz CT molecular complexity index is 495. The van der Waals surface area contributed by atoms with Crippen LogP contribution in [0.25, 0.3) is 0 Å². The van der Waals surface area contributed by atoms with E-state index in [1.807, 2.05) is 0 Å². The Labute approximate surface area is 125 Å². The Morgan fingerprint density at radius 1 is 1.24 bits per heavy atom. The fraction of sp³-hybridized carbons (Fsp3) is 0.529. The summed E-state index contributed by atoms with van der Waals surface area (Å²) in [5.41, 5.74) is 1.09. The van der Waals surface area contributed by atoms with Crippen LogP contribution in [0.5, 0.6) is 0 Å². The van der Waals surface area contributed by atoms with Gasteiger partial charge in [0.05, 0.1) is 12.0 Å². The van der Waals surface area contributed by atoms with Gasteiger partial charge in [0.1, 0.15) is 0 Å². The van der Waals surface area contributed by atoms with E-state index in [-0.39, 0.29) is 11.5 Å². The molecule has 0 aliphatic heterocycles. The molecule has 21 heavy (non-hydrogen) atoms. The van der Waals surface area contributed by atoms with Crippen LogP contribution >= 0.6 is 0 Å². The predicted octanol–water partition coefficient (Wildman–Crippen LogP) is 3.01. The summed E-state index contributed by atoms with van der Waals surface area (Å²) in [6.07, 6.45) is 6.12. The zero-order chi connectivity index (χ0) is 15.2. The Kier molecular flexibility index (Phi) is 5.37. The van der Waals surface area contributed by atoms with E-state index in [0.717, 1.165) is 24.3 Å². The van der Waals surface area contributed by atoms with Gasteiger partial charge in [0, 0.05) is 6.04 Å². The molecule has 1 aliphatic rings. The van der Waals surface area contributed by atoms with E-state index in [9.17, 15) is 9.59 Å². The normalized spacial score (nSPS) is 21.8. The third-order valence-corrected chi connectivity index (χ3v) is 4.29. The second-order valence-corrected chi connectivity index (χ2v) is 5.88. The summed E-state index contributed by atoms with van der Waals surface area (Å²) >= 11 is 0. The highest BCUT2D eigenvalue weighted by Gasteiger charge is 2.22. The van der Waals surface area contributed by atoms with Gasteiger partial charge in [-0.05, 0) is 36.5 Å². The van der Waals surface area contributed by atoms with Gasteiger partial charge in [-0.3, -0.25) is 4.79 Å². The maximum atomic E-state index is 12.1. The second-order valence-electron chi connectivity index (χ2n) is 5.88. The van der Waals surface area contributed by atoms with Crippen molar-refractivity contribution in [1.29, 1.82) is 0 Å². The maximum Gasteiger partial charge on any atom is 0.335 e. The smallest absolute Gasteiger partial charge is 0.335 e. The number of aromatic carboxylic acids is 1. The van der Waals surface area contributed by atoms with Crippen LogP contribution in [0.3, 0.4) is 0 Å². The van der Waals surface area contributed by atoms with Gasteiger partial charge in [-0.15, -0.1) is 0 Å². The number of amides is 1. The van der Waals surface area contributed by atoms with Crippen molar-refractivity contribution in [2.24, 2.45) is 5.92 Å². The molecule has 1 fully saturated rings. The molecule has 2 unspecified atom stereocenters. The molecular formula is C17H23NO3. The predicted molar refractivity (Wildman–Crippen MR) is 81.3 cm³/mol. The van der Waals surface area contributed by atoms with Crippen LogP contribution in [-0.4, -0.2) is 23.0 Å². The highest BCUT2D eigenvalue weighted by molar-refractivity contribution is 5.87. The number of hydrogen-bond acceptors (Lipinski definition) is 2. The number of rotatable bonds is 5. The molecule has 0 aromatic heterocycles. The monoisotopic (exact) mass is 289 g/mol. The summed E-state index contributed by atoms with van der Waals surface area (Å²) in [4.78, 5) is 22.8. The summed E-state index contributed by atoms with van der Waals surface area (Å²) in [6, 6.07) is 6.80. The van der Waals surface area contributed by atoms with Gasteiger partial charge in [-0.25, -0.2) is 4.79 Å². The topological polar surface area (TPSA) is 66.4 Å². The van der Waals surface area contributed by atoms with Crippen LogP contribution in [0, 0.1) is 5.92 Å². The summed E-state index contributed by atoms with van der Waals surface area (Å²) in [6.45, 7) is 2.21. The van der Waals surface area contributed by atoms with Crippen molar-refractivity contribution in [1.82, 2.24) is 5.32 Å². The van der Waals surface area contributed by atoms with Crippen molar-refractivity contribution >= 4 is 11.9 Å². The van der Waals surface area contributed by atoms with Crippen molar-refractivity contribution in [3.05, 3.63) is 35.4 Å². The molecule has 2 N–H and O–H groups in total. The van der Waals surface area contributed by atoms with Gasteiger partial charge in [-0.2, -0.15) is 0 Å². The van der Waals surface area contributed by atoms with Crippen molar-refractivity contribution in [3.63, 3.8) is 0 Å².